The summed E-state index contributed by atoms with van der Waals surface area (Å²) in [6, 6.07) is 11.9. The van der Waals surface area contributed by atoms with Gasteiger partial charge in [0.05, 0.1) is 6.04 Å². The highest BCUT2D eigenvalue weighted by Gasteiger charge is 2.11. The van der Waals surface area contributed by atoms with Crippen molar-refractivity contribution in [3.63, 3.8) is 0 Å². The Labute approximate surface area is 112 Å². The SMILES string of the molecule is CCC(Nc1ccc(O)cc1C)c1cccc(F)c1. The number of nitrogens with one attached hydrogen (secondary N) is 1. The maximum absolute atomic E-state index is 13.3. The smallest absolute Gasteiger partial charge is 0.123 e. The average Bonchev–Trinajstić information content (AvgIpc) is 2.38. The average molecular weight is 259 g/mol. The van der Waals surface area contributed by atoms with E-state index in [1.807, 2.05) is 19.1 Å². The molecule has 100 valence electrons. The Kier molecular flexibility index (Phi) is 4.05. The molecule has 0 spiro atoms. The van der Waals surface area contributed by atoms with Crippen molar-refractivity contribution >= 4 is 5.69 Å². The molecule has 0 aliphatic heterocycles. The topological polar surface area (TPSA) is 32.3 Å². The molecule has 0 bridgehead atoms. The number of benzene rings is 2. The van der Waals surface area contributed by atoms with Crippen LogP contribution in [0.5, 0.6) is 5.75 Å². The summed E-state index contributed by atoms with van der Waals surface area (Å²) in [4.78, 5) is 0. The number of rotatable bonds is 4. The zero-order chi connectivity index (χ0) is 13.8. The summed E-state index contributed by atoms with van der Waals surface area (Å²) < 4.78 is 13.3. The van der Waals surface area contributed by atoms with Crippen molar-refractivity contribution in [1.82, 2.24) is 0 Å². The Hall–Kier alpha value is -2.03. The summed E-state index contributed by atoms with van der Waals surface area (Å²) in [5, 5.41) is 12.8. The van der Waals surface area contributed by atoms with Gasteiger partial charge in [0.2, 0.25) is 0 Å². The molecule has 19 heavy (non-hydrogen) atoms. The second-order valence-electron chi connectivity index (χ2n) is 4.66. The van der Waals surface area contributed by atoms with Crippen LogP contribution in [0.1, 0.15) is 30.5 Å². The number of anilines is 1. The third kappa shape index (κ3) is 3.25. The molecule has 0 heterocycles. The van der Waals surface area contributed by atoms with Gasteiger partial charge in [0.25, 0.3) is 0 Å². The van der Waals surface area contributed by atoms with Crippen LogP contribution in [0.4, 0.5) is 10.1 Å². The molecule has 0 aromatic heterocycles. The van der Waals surface area contributed by atoms with Gasteiger partial charge in [0, 0.05) is 5.69 Å². The molecule has 0 radical (unpaired) electrons. The monoisotopic (exact) mass is 259 g/mol. The molecule has 2 rings (SSSR count). The van der Waals surface area contributed by atoms with E-state index in [-0.39, 0.29) is 17.6 Å². The van der Waals surface area contributed by atoms with Gasteiger partial charge in [0.1, 0.15) is 11.6 Å². The van der Waals surface area contributed by atoms with E-state index in [9.17, 15) is 9.50 Å². The third-order valence-electron chi connectivity index (χ3n) is 3.20. The fourth-order valence-corrected chi connectivity index (χ4v) is 2.14. The van der Waals surface area contributed by atoms with E-state index in [1.54, 1.807) is 24.3 Å². The lowest BCUT2D eigenvalue weighted by atomic mass is 10.0. The highest BCUT2D eigenvalue weighted by atomic mass is 19.1. The molecule has 3 heteroatoms. The van der Waals surface area contributed by atoms with E-state index in [1.165, 1.54) is 6.07 Å². The molecule has 0 saturated carbocycles. The summed E-state index contributed by atoms with van der Waals surface area (Å²) >= 11 is 0. The molecule has 2 N–H and O–H groups in total. The zero-order valence-electron chi connectivity index (χ0n) is 11.2. The van der Waals surface area contributed by atoms with E-state index in [0.717, 1.165) is 23.2 Å². The number of hydrogen-bond acceptors (Lipinski definition) is 2. The van der Waals surface area contributed by atoms with Gasteiger partial charge in [-0.25, -0.2) is 4.39 Å². The summed E-state index contributed by atoms with van der Waals surface area (Å²) in [6.07, 6.45) is 0.851. The van der Waals surface area contributed by atoms with Crippen molar-refractivity contribution < 1.29 is 9.50 Å². The van der Waals surface area contributed by atoms with Gasteiger partial charge in [-0.2, -0.15) is 0 Å². The standard InChI is InChI=1S/C16H18FNO/c1-3-15(12-5-4-6-13(17)10-12)18-16-8-7-14(19)9-11(16)2/h4-10,15,18-19H,3H2,1-2H3. The van der Waals surface area contributed by atoms with Crippen LogP contribution < -0.4 is 5.32 Å². The highest BCUT2D eigenvalue weighted by Crippen LogP contribution is 2.27. The minimum Gasteiger partial charge on any atom is -0.508 e. The van der Waals surface area contributed by atoms with Crippen molar-refractivity contribution in [2.24, 2.45) is 0 Å². The lowest BCUT2D eigenvalue weighted by molar-refractivity contribution is 0.475. The number of phenols is 1. The van der Waals surface area contributed by atoms with Crippen LogP contribution in [0.2, 0.25) is 0 Å². The lowest BCUT2D eigenvalue weighted by Gasteiger charge is -2.20. The van der Waals surface area contributed by atoms with Crippen LogP contribution in [-0.2, 0) is 0 Å². The Morgan fingerprint density at radius 2 is 2.00 bits per heavy atom. The maximum Gasteiger partial charge on any atom is 0.123 e. The molecule has 0 fully saturated rings. The minimum absolute atomic E-state index is 0.0546. The van der Waals surface area contributed by atoms with Crippen LogP contribution >= 0.6 is 0 Å². The molecule has 0 saturated heterocycles. The summed E-state index contributed by atoms with van der Waals surface area (Å²) in [6.45, 7) is 3.98. The van der Waals surface area contributed by atoms with Crippen LogP contribution in [-0.4, -0.2) is 5.11 Å². The van der Waals surface area contributed by atoms with Gasteiger partial charge < -0.3 is 10.4 Å². The minimum atomic E-state index is -0.222. The fraction of sp³-hybridized carbons (Fsp3) is 0.250. The first-order valence-electron chi connectivity index (χ1n) is 6.41. The second kappa shape index (κ2) is 5.74. The Morgan fingerprint density at radius 1 is 1.21 bits per heavy atom. The van der Waals surface area contributed by atoms with Crippen LogP contribution in [0, 0.1) is 12.7 Å². The zero-order valence-corrected chi connectivity index (χ0v) is 11.2. The molecular formula is C16H18FNO. The largest absolute Gasteiger partial charge is 0.508 e. The van der Waals surface area contributed by atoms with Gasteiger partial charge >= 0.3 is 0 Å². The van der Waals surface area contributed by atoms with E-state index in [4.69, 9.17) is 0 Å². The first-order chi connectivity index (χ1) is 9.10. The van der Waals surface area contributed by atoms with Gasteiger partial charge in [0.15, 0.2) is 0 Å². The summed E-state index contributed by atoms with van der Waals surface area (Å²) in [5.74, 6) is 0.0297. The maximum atomic E-state index is 13.3. The number of phenolic OH excluding ortho intramolecular Hbond substituents is 1. The molecule has 2 nitrogen and oxygen atoms in total. The summed E-state index contributed by atoms with van der Waals surface area (Å²) in [7, 11) is 0. The van der Waals surface area contributed by atoms with Crippen molar-refractivity contribution in [2.75, 3.05) is 5.32 Å². The van der Waals surface area contributed by atoms with Crippen molar-refractivity contribution in [3.8, 4) is 5.75 Å². The predicted molar refractivity (Wildman–Crippen MR) is 75.9 cm³/mol. The van der Waals surface area contributed by atoms with E-state index < -0.39 is 0 Å². The van der Waals surface area contributed by atoms with Crippen molar-refractivity contribution in [1.29, 1.82) is 0 Å². The number of aromatic hydroxyl groups is 1. The molecule has 2 aromatic carbocycles. The Bertz CT molecular complexity index is 568. The Balaban J connectivity index is 2.24. The normalized spacial score (nSPS) is 12.2. The van der Waals surface area contributed by atoms with E-state index >= 15 is 0 Å². The number of hydrogen-bond donors (Lipinski definition) is 2. The third-order valence-corrected chi connectivity index (χ3v) is 3.20. The lowest BCUT2D eigenvalue weighted by Crippen LogP contribution is -2.10. The quantitative estimate of drug-likeness (QED) is 0.797. The van der Waals surface area contributed by atoms with Crippen LogP contribution in [0.15, 0.2) is 42.5 Å². The predicted octanol–water partition coefficient (Wildman–Crippen LogP) is 4.40. The first-order valence-corrected chi connectivity index (χ1v) is 6.41. The number of aryl methyl sites for hydroxylation is 1. The molecule has 0 amide bonds. The van der Waals surface area contributed by atoms with Gasteiger partial charge in [-0.1, -0.05) is 19.1 Å². The molecule has 2 aromatic rings. The highest BCUT2D eigenvalue weighted by molar-refractivity contribution is 5.54. The van der Waals surface area contributed by atoms with Crippen LogP contribution in [0.3, 0.4) is 0 Å². The molecule has 1 atom stereocenters. The van der Waals surface area contributed by atoms with Gasteiger partial charge in [-0.3, -0.25) is 0 Å². The van der Waals surface area contributed by atoms with E-state index in [2.05, 4.69) is 12.2 Å². The first kappa shape index (κ1) is 13.4. The molecule has 0 aliphatic rings. The Morgan fingerprint density at radius 3 is 2.63 bits per heavy atom. The van der Waals surface area contributed by atoms with Gasteiger partial charge in [-0.15, -0.1) is 0 Å². The van der Waals surface area contributed by atoms with Crippen molar-refractivity contribution in [2.45, 2.75) is 26.3 Å². The van der Waals surface area contributed by atoms with Gasteiger partial charge in [-0.05, 0) is 54.8 Å². The van der Waals surface area contributed by atoms with Crippen LogP contribution in [0.25, 0.3) is 0 Å². The van der Waals surface area contributed by atoms with E-state index in [0.29, 0.717) is 0 Å². The molecular weight excluding hydrogens is 241 g/mol. The second-order valence-corrected chi connectivity index (χ2v) is 4.66. The fourth-order valence-electron chi connectivity index (χ4n) is 2.14. The molecule has 1 unspecified atom stereocenters. The number of halogens is 1. The summed E-state index contributed by atoms with van der Waals surface area (Å²) in [5.41, 5.74) is 2.85. The van der Waals surface area contributed by atoms with Crippen molar-refractivity contribution in [3.05, 3.63) is 59.4 Å². The molecule has 0 aliphatic carbocycles.